The van der Waals surface area contributed by atoms with Gasteiger partial charge in [0.25, 0.3) is 0 Å². The summed E-state index contributed by atoms with van der Waals surface area (Å²) in [6.07, 6.45) is 3.60. The van der Waals surface area contributed by atoms with Crippen LogP contribution in [-0.2, 0) is 6.54 Å². The molecular formula is C6H12N4. The second kappa shape index (κ2) is 3.34. The molecular weight excluding hydrogens is 128 g/mol. The Morgan fingerprint density at radius 2 is 2.40 bits per heavy atom. The van der Waals surface area contributed by atoms with E-state index in [0.717, 1.165) is 0 Å². The first-order valence-electron chi connectivity index (χ1n) is 3.26. The number of nitrogens with zero attached hydrogens (tertiary/aromatic N) is 2. The summed E-state index contributed by atoms with van der Waals surface area (Å²) < 4.78 is 1.78. The van der Waals surface area contributed by atoms with Gasteiger partial charge in [-0.15, -0.1) is 0 Å². The van der Waals surface area contributed by atoms with Gasteiger partial charge in [-0.2, -0.15) is 5.10 Å². The Morgan fingerprint density at radius 1 is 1.60 bits per heavy atom. The predicted molar refractivity (Wildman–Crippen MR) is 39.3 cm³/mol. The minimum absolute atomic E-state index is 0.0138. The Kier molecular flexibility index (Phi) is 2.42. The normalized spacial score (nSPS) is 13.4. The summed E-state index contributed by atoms with van der Waals surface area (Å²) in [7, 11) is 0. The van der Waals surface area contributed by atoms with Crippen LogP contribution in [0, 0.1) is 0 Å². The number of rotatable bonds is 3. The monoisotopic (exact) mass is 140 g/mol. The highest BCUT2D eigenvalue weighted by Crippen LogP contribution is 1.85. The average molecular weight is 140 g/mol. The van der Waals surface area contributed by atoms with Crippen LogP contribution in [0.4, 0.5) is 0 Å². The molecule has 0 bridgehead atoms. The van der Waals surface area contributed by atoms with Crippen LogP contribution in [0.1, 0.15) is 0 Å². The summed E-state index contributed by atoms with van der Waals surface area (Å²) in [5.74, 6) is 0. The van der Waals surface area contributed by atoms with Crippen molar-refractivity contribution in [1.82, 2.24) is 9.78 Å². The first-order chi connectivity index (χ1) is 4.83. The fourth-order valence-electron chi connectivity index (χ4n) is 0.723. The Bertz CT molecular complexity index is 170. The molecule has 0 saturated heterocycles. The van der Waals surface area contributed by atoms with E-state index in [0.29, 0.717) is 13.1 Å². The van der Waals surface area contributed by atoms with Crippen molar-refractivity contribution in [3.63, 3.8) is 0 Å². The molecule has 0 spiro atoms. The lowest BCUT2D eigenvalue weighted by Gasteiger charge is -2.07. The van der Waals surface area contributed by atoms with Gasteiger partial charge in [0.2, 0.25) is 0 Å². The van der Waals surface area contributed by atoms with Gasteiger partial charge in [-0.1, -0.05) is 0 Å². The Hall–Kier alpha value is -0.870. The summed E-state index contributed by atoms with van der Waals surface area (Å²) in [4.78, 5) is 0. The van der Waals surface area contributed by atoms with Gasteiger partial charge in [0, 0.05) is 25.0 Å². The van der Waals surface area contributed by atoms with Crippen LogP contribution in [0.2, 0.25) is 0 Å². The summed E-state index contributed by atoms with van der Waals surface area (Å²) in [5, 5.41) is 3.99. The molecule has 1 rings (SSSR count). The fraction of sp³-hybridized carbons (Fsp3) is 0.500. The molecule has 4 heteroatoms. The van der Waals surface area contributed by atoms with Gasteiger partial charge in [0.1, 0.15) is 0 Å². The maximum Gasteiger partial charge on any atom is 0.0572 e. The van der Waals surface area contributed by atoms with Crippen molar-refractivity contribution in [3.05, 3.63) is 18.5 Å². The maximum absolute atomic E-state index is 5.58. The molecule has 0 amide bonds. The third kappa shape index (κ3) is 1.82. The van der Waals surface area contributed by atoms with Gasteiger partial charge >= 0.3 is 0 Å². The average Bonchev–Trinajstić information content (AvgIpc) is 2.40. The molecule has 4 nitrogen and oxygen atoms in total. The van der Waals surface area contributed by atoms with Gasteiger partial charge in [-0.25, -0.2) is 0 Å². The molecule has 1 aromatic heterocycles. The van der Waals surface area contributed by atoms with Gasteiger partial charge in [0.15, 0.2) is 0 Å². The van der Waals surface area contributed by atoms with Gasteiger partial charge in [-0.05, 0) is 6.07 Å². The van der Waals surface area contributed by atoms with Crippen LogP contribution in [0.5, 0.6) is 0 Å². The van der Waals surface area contributed by atoms with Crippen molar-refractivity contribution in [2.45, 2.75) is 12.6 Å². The maximum atomic E-state index is 5.58. The van der Waals surface area contributed by atoms with Crippen molar-refractivity contribution in [3.8, 4) is 0 Å². The van der Waals surface area contributed by atoms with Crippen LogP contribution in [0.25, 0.3) is 0 Å². The molecule has 1 unspecified atom stereocenters. The van der Waals surface area contributed by atoms with Gasteiger partial charge in [-0.3, -0.25) is 4.68 Å². The lowest BCUT2D eigenvalue weighted by atomic mass is 10.3. The lowest BCUT2D eigenvalue weighted by Crippen LogP contribution is -2.34. The van der Waals surface area contributed by atoms with E-state index in [1.165, 1.54) is 0 Å². The van der Waals surface area contributed by atoms with Crippen molar-refractivity contribution in [2.24, 2.45) is 11.5 Å². The number of hydrogen-bond acceptors (Lipinski definition) is 3. The Morgan fingerprint density at radius 3 is 2.90 bits per heavy atom. The molecule has 0 radical (unpaired) electrons. The van der Waals surface area contributed by atoms with E-state index < -0.39 is 0 Å². The fourth-order valence-corrected chi connectivity index (χ4v) is 0.723. The molecule has 0 aliphatic rings. The zero-order valence-corrected chi connectivity index (χ0v) is 5.77. The van der Waals surface area contributed by atoms with E-state index in [2.05, 4.69) is 5.10 Å². The molecule has 10 heavy (non-hydrogen) atoms. The topological polar surface area (TPSA) is 69.9 Å². The zero-order chi connectivity index (χ0) is 7.40. The third-order valence-electron chi connectivity index (χ3n) is 1.28. The highest BCUT2D eigenvalue weighted by atomic mass is 15.3. The van der Waals surface area contributed by atoms with E-state index in [1.54, 1.807) is 10.9 Å². The Balaban J connectivity index is 2.40. The van der Waals surface area contributed by atoms with Crippen LogP contribution >= 0.6 is 0 Å². The lowest BCUT2D eigenvalue weighted by molar-refractivity contribution is 0.517. The second-order valence-corrected chi connectivity index (χ2v) is 2.22. The Labute approximate surface area is 59.8 Å². The summed E-state index contributed by atoms with van der Waals surface area (Å²) >= 11 is 0. The van der Waals surface area contributed by atoms with Crippen molar-refractivity contribution < 1.29 is 0 Å². The highest BCUT2D eigenvalue weighted by Gasteiger charge is 1.98. The van der Waals surface area contributed by atoms with E-state index in [1.807, 2.05) is 12.3 Å². The minimum Gasteiger partial charge on any atom is -0.329 e. The van der Waals surface area contributed by atoms with Gasteiger partial charge in [0.05, 0.1) is 6.54 Å². The number of nitrogens with two attached hydrogens (primary N) is 2. The number of hydrogen-bond donors (Lipinski definition) is 2. The molecule has 56 valence electrons. The zero-order valence-electron chi connectivity index (χ0n) is 5.77. The first kappa shape index (κ1) is 7.24. The molecule has 4 N–H and O–H groups in total. The SMILES string of the molecule is NCC(N)Cn1cccn1. The minimum atomic E-state index is 0.0138. The highest BCUT2D eigenvalue weighted by molar-refractivity contribution is 4.79. The molecule has 1 atom stereocenters. The molecule has 0 aliphatic heterocycles. The van der Waals surface area contributed by atoms with Crippen LogP contribution in [0.3, 0.4) is 0 Å². The third-order valence-corrected chi connectivity index (χ3v) is 1.28. The van der Waals surface area contributed by atoms with Crippen molar-refractivity contribution in [1.29, 1.82) is 0 Å². The second-order valence-electron chi connectivity index (χ2n) is 2.22. The van der Waals surface area contributed by atoms with E-state index in [-0.39, 0.29) is 6.04 Å². The number of aromatic nitrogens is 2. The predicted octanol–water partition coefficient (Wildman–Crippen LogP) is -0.831. The van der Waals surface area contributed by atoms with E-state index >= 15 is 0 Å². The standard InChI is InChI=1S/C6H12N4/c7-4-6(8)5-10-3-1-2-9-10/h1-3,6H,4-5,7-8H2. The van der Waals surface area contributed by atoms with Crippen LogP contribution in [0.15, 0.2) is 18.5 Å². The molecule has 0 saturated carbocycles. The van der Waals surface area contributed by atoms with Crippen LogP contribution < -0.4 is 11.5 Å². The smallest absolute Gasteiger partial charge is 0.0572 e. The van der Waals surface area contributed by atoms with E-state index in [4.69, 9.17) is 11.5 Å². The van der Waals surface area contributed by atoms with E-state index in [9.17, 15) is 0 Å². The first-order valence-corrected chi connectivity index (χ1v) is 3.26. The molecule has 0 fully saturated rings. The quantitative estimate of drug-likeness (QED) is 0.575. The largest absolute Gasteiger partial charge is 0.329 e. The van der Waals surface area contributed by atoms with Gasteiger partial charge < -0.3 is 11.5 Å². The van der Waals surface area contributed by atoms with Crippen molar-refractivity contribution >= 4 is 0 Å². The molecule has 1 heterocycles. The molecule has 1 aromatic rings. The molecule has 0 aliphatic carbocycles. The summed E-state index contributed by atoms with van der Waals surface area (Å²) in [6.45, 7) is 1.20. The van der Waals surface area contributed by atoms with Crippen LogP contribution in [-0.4, -0.2) is 22.4 Å². The summed E-state index contributed by atoms with van der Waals surface area (Å²) in [5.41, 5.74) is 10.9. The summed E-state index contributed by atoms with van der Waals surface area (Å²) in [6, 6.07) is 1.88. The molecule has 0 aromatic carbocycles. The van der Waals surface area contributed by atoms with Crippen molar-refractivity contribution in [2.75, 3.05) is 6.54 Å².